The smallest absolute Gasteiger partial charge is 0.308 e. The highest BCUT2D eigenvalue weighted by Gasteiger charge is 2.48. The third-order valence-corrected chi connectivity index (χ3v) is 7.81. The second-order valence-corrected chi connectivity index (χ2v) is 10.8. The summed E-state index contributed by atoms with van der Waals surface area (Å²) in [7, 11) is 1.41. The van der Waals surface area contributed by atoms with Gasteiger partial charge in [-0.25, -0.2) is 8.78 Å². The highest BCUT2D eigenvalue weighted by Crippen LogP contribution is 2.58. The Morgan fingerprint density at radius 2 is 1.75 bits per heavy atom. The minimum Gasteiger partial charge on any atom is -0.465 e. The van der Waals surface area contributed by atoms with Crippen molar-refractivity contribution >= 4 is 23.9 Å². The molecule has 1 spiro atoms. The molecule has 1 N–H and O–H groups in total. The molecule has 0 radical (unpaired) electrons. The molecule has 1 heterocycles. The number of ether oxygens (including phenoxy) is 1. The van der Waals surface area contributed by atoms with Crippen molar-refractivity contribution in [1.82, 2.24) is 5.32 Å². The van der Waals surface area contributed by atoms with E-state index in [9.17, 15) is 23.2 Å². The fourth-order valence-electron chi connectivity index (χ4n) is 5.61. The van der Waals surface area contributed by atoms with E-state index in [-0.39, 0.29) is 30.3 Å². The second kappa shape index (κ2) is 12.6. The van der Waals surface area contributed by atoms with Crippen LogP contribution in [0.2, 0.25) is 0 Å². The van der Waals surface area contributed by atoms with Crippen molar-refractivity contribution < 1.29 is 27.9 Å². The second-order valence-electron chi connectivity index (χ2n) is 10.8. The Labute approximate surface area is 213 Å². The molecule has 1 amide bonds. The van der Waals surface area contributed by atoms with Gasteiger partial charge in [-0.1, -0.05) is 20.3 Å². The molecule has 3 fully saturated rings. The monoisotopic (exact) mass is 506 g/mol. The summed E-state index contributed by atoms with van der Waals surface area (Å²) in [5, 5.41) is 2.40. The minimum absolute atomic E-state index is 0.0211. The van der Waals surface area contributed by atoms with Crippen LogP contribution in [0.5, 0.6) is 0 Å². The first-order valence-electron chi connectivity index (χ1n) is 13.3. The standard InChI is InChI=1S/C16H20F2N2O2.C12H20O2/c1-19-16(22)12(5-4-8-21)15-13(17)9-11(10-14(15)18)20-6-2-3-7-20;1-9(2)11(13)14-8-10-6-12(7-10)4-3-5-12/h8-10,12H,2-7H2,1H3,(H,19,22);9-10H,3-8H2,1-2H3. The lowest BCUT2D eigenvalue weighted by Crippen LogP contribution is -2.44. The van der Waals surface area contributed by atoms with Gasteiger partial charge >= 0.3 is 5.97 Å². The molecule has 6 nitrogen and oxygen atoms in total. The Morgan fingerprint density at radius 3 is 2.22 bits per heavy atom. The summed E-state index contributed by atoms with van der Waals surface area (Å²) in [5.41, 5.74) is 0.945. The number of carbonyl (C=O) groups excluding carboxylic acids is 3. The number of carbonyl (C=O) groups is 3. The zero-order valence-electron chi connectivity index (χ0n) is 21.8. The average molecular weight is 507 g/mol. The van der Waals surface area contributed by atoms with Crippen LogP contribution in [0.3, 0.4) is 0 Å². The number of benzene rings is 1. The minimum atomic E-state index is -0.997. The first-order valence-corrected chi connectivity index (χ1v) is 13.3. The van der Waals surface area contributed by atoms with E-state index >= 15 is 0 Å². The van der Waals surface area contributed by atoms with Gasteiger partial charge < -0.3 is 19.7 Å². The maximum absolute atomic E-state index is 14.4. The summed E-state index contributed by atoms with van der Waals surface area (Å²) in [5.74, 6) is -2.32. The van der Waals surface area contributed by atoms with Gasteiger partial charge in [0, 0.05) is 37.8 Å². The van der Waals surface area contributed by atoms with Crippen LogP contribution in [-0.2, 0) is 19.1 Å². The summed E-state index contributed by atoms with van der Waals surface area (Å²) < 4.78 is 34.0. The van der Waals surface area contributed by atoms with Gasteiger partial charge in [-0.2, -0.15) is 0 Å². The number of aldehydes is 1. The summed E-state index contributed by atoms with van der Waals surface area (Å²) in [6.07, 6.45) is 9.67. The number of anilines is 1. The van der Waals surface area contributed by atoms with E-state index in [0.717, 1.165) is 25.9 Å². The average Bonchev–Trinajstić information content (AvgIpc) is 3.33. The molecule has 200 valence electrons. The molecule has 36 heavy (non-hydrogen) atoms. The summed E-state index contributed by atoms with van der Waals surface area (Å²) in [6, 6.07) is 2.56. The van der Waals surface area contributed by atoms with Gasteiger partial charge in [0.15, 0.2) is 0 Å². The Kier molecular flexibility index (Phi) is 9.85. The molecular weight excluding hydrogens is 466 g/mol. The molecule has 1 saturated heterocycles. The van der Waals surface area contributed by atoms with Crippen LogP contribution < -0.4 is 10.2 Å². The maximum atomic E-state index is 14.4. The number of esters is 1. The van der Waals surface area contributed by atoms with Gasteiger partial charge in [-0.05, 0) is 68.4 Å². The molecule has 1 atom stereocenters. The first-order chi connectivity index (χ1) is 17.2. The van der Waals surface area contributed by atoms with Crippen LogP contribution in [0, 0.1) is 28.9 Å². The van der Waals surface area contributed by atoms with E-state index in [4.69, 9.17) is 4.74 Å². The number of halogens is 2. The summed E-state index contributed by atoms with van der Waals surface area (Å²) >= 11 is 0. The third-order valence-electron chi connectivity index (χ3n) is 7.81. The van der Waals surface area contributed by atoms with Gasteiger partial charge in [-0.15, -0.1) is 0 Å². The molecule has 3 aliphatic rings. The fourth-order valence-corrected chi connectivity index (χ4v) is 5.61. The molecule has 4 rings (SSSR count). The predicted octanol–water partition coefficient (Wildman–Crippen LogP) is 5.14. The molecule has 2 aliphatic carbocycles. The zero-order chi connectivity index (χ0) is 26.3. The lowest BCUT2D eigenvalue weighted by atomic mass is 9.52. The Morgan fingerprint density at radius 1 is 1.14 bits per heavy atom. The van der Waals surface area contributed by atoms with Crippen molar-refractivity contribution in [3.05, 3.63) is 29.3 Å². The van der Waals surface area contributed by atoms with Crippen molar-refractivity contribution in [1.29, 1.82) is 0 Å². The number of hydrogen-bond donors (Lipinski definition) is 1. The van der Waals surface area contributed by atoms with Crippen molar-refractivity contribution in [2.24, 2.45) is 17.3 Å². The molecule has 0 bridgehead atoms. The van der Waals surface area contributed by atoms with Gasteiger partial charge in [0.2, 0.25) is 5.91 Å². The molecule has 1 aliphatic heterocycles. The maximum Gasteiger partial charge on any atom is 0.308 e. The highest BCUT2D eigenvalue weighted by molar-refractivity contribution is 5.84. The Bertz CT molecular complexity index is 895. The van der Waals surface area contributed by atoms with Crippen LogP contribution >= 0.6 is 0 Å². The molecule has 1 unspecified atom stereocenters. The topological polar surface area (TPSA) is 75.7 Å². The number of amides is 1. The van der Waals surface area contributed by atoms with Crippen molar-refractivity contribution in [2.45, 2.75) is 77.6 Å². The van der Waals surface area contributed by atoms with Crippen LogP contribution in [-0.4, -0.2) is 44.9 Å². The molecule has 0 aromatic heterocycles. The molecule has 8 heteroatoms. The quantitative estimate of drug-likeness (QED) is 0.371. The van der Waals surface area contributed by atoms with E-state index in [1.807, 2.05) is 18.7 Å². The van der Waals surface area contributed by atoms with E-state index in [0.29, 0.717) is 29.9 Å². The highest BCUT2D eigenvalue weighted by atomic mass is 19.1. The van der Waals surface area contributed by atoms with Crippen LogP contribution in [0.15, 0.2) is 12.1 Å². The van der Waals surface area contributed by atoms with E-state index in [2.05, 4.69) is 5.32 Å². The first kappa shape index (κ1) is 28.1. The Hall–Kier alpha value is -2.51. The number of hydrogen-bond acceptors (Lipinski definition) is 5. The SMILES string of the molecule is CC(C)C(=O)OCC1CC2(CCC2)C1.CNC(=O)C(CCC=O)c1c(F)cc(N2CCCC2)cc1F. The number of nitrogens with zero attached hydrogens (tertiary/aromatic N) is 1. The van der Waals surface area contributed by atoms with Crippen molar-refractivity contribution in [2.75, 3.05) is 31.6 Å². The van der Waals surface area contributed by atoms with Crippen molar-refractivity contribution in [3.63, 3.8) is 0 Å². The zero-order valence-corrected chi connectivity index (χ0v) is 21.8. The van der Waals surface area contributed by atoms with E-state index < -0.39 is 23.5 Å². The molecular formula is C28H40F2N2O4. The van der Waals surface area contributed by atoms with Crippen LogP contribution in [0.4, 0.5) is 14.5 Å². The van der Waals surface area contributed by atoms with Crippen LogP contribution in [0.25, 0.3) is 0 Å². The normalized spacial score (nSPS) is 19.1. The number of likely N-dealkylation sites (N-methyl/N-ethyl adjacent to an activating group) is 1. The molecule has 2 saturated carbocycles. The van der Waals surface area contributed by atoms with E-state index in [1.54, 1.807) is 0 Å². The van der Waals surface area contributed by atoms with Crippen LogP contribution in [0.1, 0.15) is 83.1 Å². The molecule has 1 aromatic carbocycles. The largest absolute Gasteiger partial charge is 0.465 e. The predicted molar refractivity (Wildman–Crippen MR) is 135 cm³/mol. The lowest BCUT2D eigenvalue weighted by Gasteiger charge is -2.54. The van der Waals surface area contributed by atoms with Gasteiger partial charge in [0.05, 0.1) is 18.4 Å². The van der Waals surface area contributed by atoms with E-state index in [1.165, 1.54) is 51.3 Å². The summed E-state index contributed by atoms with van der Waals surface area (Å²) in [4.78, 5) is 35.6. The third kappa shape index (κ3) is 6.83. The van der Waals surface area contributed by atoms with Gasteiger partial charge in [0.25, 0.3) is 0 Å². The summed E-state index contributed by atoms with van der Waals surface area (Å²) in [6.45, 7) is 6.00. The lowest BCUT2D eigenvalue weighted by molar-refractivity contribution is -0.153. The molecule has 1 aromatic rings. The van der Waals surface area contributed by atoms with Gasteiger partial charge in [0.1, 0.15) is 17.9 Å². The van der Waals surface area contributed by atoms with Crippen molar-refractivity contribution in [3.8, 4) is 0 Å². The Balaban J connectivity index is 0.000000221. The number of rotatable bonds is 9. The van der Waals surface area contributed by atoms with Gasteiger partial charge in [-0.3, -0.25) is 9.59 Å². The number of nitrogens with one attached hydrogen (secondary N) is 1. The fraction of sp³-hybridized carbons (Fsp3) is 0.679.